The molecule has 0 rings (SSSR count). The van der Waals surface area contributed by atoms with Crippen LogP contribution in [0.2, 0.25) is 0 Å². The van der Waals surface area contributed by atoms with Gasteiger partial charge in [0.1, 0.15) is 5.60 Å². The summed E-state index contributed by atoms with van der Waals surface area (Å²) in [5.74, 6) is 0. The monoisotopic (exact) mass is 325 g/mol. The first-order chi connectivity index (χ1) is 10.5. The number of hydrogen-bond donors (Lipinski definition) is 0. The van der Waals surface area contributed by atoms with Gasteiger partial charge >= 0.3 is 6.09 Å². The van der Waals surface area contributed by atoms with Crippen molar-refractivity contribution in [2.45, 2.75) is 72.4 Å². The molecule has 134 valence electrons. The smallest absolute Gasteiger partial charge is 0.414 e. The van der Waals surface area contributed by atoms with E-state index in [2.05, 4.69) is 36.7 Å². The third-order valence-electron chi connectivity index (χ3n) is 3.88. The molecule has 0 aromatic rings. The highest BCUT2D eigenvalue weighted by Gasteiger charge is 2.36. The van der Waals surface area contributed by atoms with Gasteiger partial charge in [-0.15, -0.1) is 0 Å². The lowest BCUT2D eigenvalue weighted by Crippen LogP contribution is -2.50. The number of amides is 1. The first-order valence-electron chi connectivity index (χ1n) is 8.43. The summed E-state index contributed by atoms with van der Waals surface area (Å²) in [6, 6.07) is 0. The van der Waals surface area contributed by atoms with Gasteiger partial charge in [-0.1, -0.05) is 19.9 Å². The molecule has 0 aromatic heterocycles. The highest BCUT2D eigenvalue weighted by atomic mass is 16.6. The zero-order valence-electron chi connectivity index (χ0n) is 16.4. The second-order valence-electron chi connectivity index (χ2n) is 6.89. The van der Waals surface area contributed by atoms with E-state index in [0.29, 0.717) is 0 Å². The summed E-state index contributed by atoms with van der Waals surface area (Å²) in [6.45, 7) is 14.7. The maximum Gasteiger partial charge on any atom is 0.414 e. The Balaban J connectivity index is 5.62. The molecule has 0 aliphatic carbocycles. The molecular formula is C18H35N3O2. The van der Waals surface area contributed by atoms with Gasteiger partial charge in [0.25, 0.3) is 0 Å². The van der Waals surface area contributed by atoms with Crippen LogP contribution in [-0.4, -0.2) is 54.0 Å². The molecule has 0 aliphatic heterocycles. The van der Waals surface area contributed by atoms with Crippen molar-refractivity contribution >= 4 is 12.4 Å². The van der Waals surface area contributed by atoms with Crippen LogP contribution in [0.15, 0.2) is 16.8 Å². The first-order valence-corrected chi connectivity index (χ1v) is 8.43. The van der Waals surface area contributed by atoms with Crippen molar-refractivity contribution in [3.63, 3.8) is 0 Å². The third kappa shape index (κ3) is 6.24. The number of nitrogens with zero attached hydrogens (tertiary/aromatic N) is 3. The third-order valence-corrected chi connectivity index (χ3v) is 3.88. The van der Waals surface area contributed by atoms with E-state index < -0.39 is 5.60 Å². The van der Waals surface area contributed by atoms with Crippen molar-refractivity contribution in [1.82, 2.24) is 9.80 Å². The van der Waals surface area contributed by atoms with Gasteiger partial charge in [-0.25, -0.2) is 4.79 Å². The van der Waals surface area contributed by atoms with Crippen LogP contribution in [-0.2, 0) is 4.74 Å². The number of ether oxygens (including phenoxy) is 1. The molecule has 1 unspecified atom stereocenters. The van der Waals surface area contributed by atoms with Crippen LogP contribution < -0.4 is 0 Å². The molecule has 0 bridgehead atoms. The number of carbonyl (C=O) groups is 1. The minimum atomic E-state index is -0.513. The molecule has 5 nitrogen and oxygen atoms in total. The average Bonchev–Trinajstić information content (AvgIpc) is 2.46. The molecule has 0 saturated carbocycles. The second-order valence-corrected chi connectivity index (χ2v) is 6.89. The van der Waals surface area contributed by atoms with E-state index >= 15 is 0 Å². The molecule has 0 radical (unpaired) electrons. The fourth-order valence-electron chi connectivity index (χ4n) is 2.28. The zero-order chi connectivity index (χ0) is 18.3. The average molecular weight is 325 g/mol. The standard InChI is InChI=1S/C18H35N3O2/c1-10-13-15(21(9)16(22)23-17(4,5)6)18(7,11-2)20(8)14-19-12-3/h13-14H,10-12H2,1-9H3/b15-13+,19-14-. The Hall–Kier alpha value is -1.52. The van der Waals surface area contributed by atoms with Gasteiger partial charge < -0.3 is 9.64 Å². The van der Waals surface area contributed by atoms with E-state index in [1.807, 2.05) is 41.1 Å². The normalized spacial score (nSPS) is 15.4. The molecule has 0 aromatic carbocycles. The Bertz CT molecular complexity index is 438. The van der Waals surface area contributed by atoms with Gasteiger partial charge in [0.15, 0.2) is 0 Å². The predicted molar refractivity (Wildman–Crippen MR) is 97.9 cm³/mol. The lowest BCUT2D eigenvalue weighted by molar-refractivity contribution is 0.0307. The largest absolute Gasteiger partial charge is 0.443 e. The summed E-state index contributed by atoms with van der Waals surface area (Å²) in [5, 5.41) is 0. The van der Waals surface area contributed by atoms with Crippen LogP contribution in [0.25, 0.3) is 0 Å². The number of likely N-dealkylation sites (N-methyl/N-ethyl adjacent to an activating group) is 2. The highest BCUT2D eigenvalue weighted by Crippen LogP contribution is 2.30. The van der Waals surface area contributed by atoms with Crippen molar-refractivity contribution in [2.24, 2.45) is 4.99 Å². The Morgan fingerprint density at radius 3 is 2.09 bits per heavy atom. The summed E-state index contributed by atoms with van der Waals surface area (Å²) in [4.78, 5) is 20.5. The van der Waals surface area contributed by atoms with Crippen LogP contribution in [0.1, 0.15) is 61.3 Å². The molecule has 5 heteroatoms. The van der Waals surface area contributed by atoms with E-state index in [1.165, 1.54) is 0 Å². The lowest BCUT2D eigenvalue weighted by Gasteiger charge is -2.42. The minimum Gasteiger partial charge on any atom is -0.443 e. The van der Waals surface area contributed by atoms with Crippen LogP contribution in [0, 0.1) is 0 Å². The van der Waals surface area contributed by atoms with E-state index in [0.717, 1.165) is 25.1 Å². The SMILES string of the molecule is CC/C=C(/N(C)C(=O)OC(C)(C)C)C(C)(CC)N(C)/C=N\CC. The molecule has 0 N–H and O–H groups in total. The van der Waals surface area contributed by atoms with Crippen molar-refractivity contribution in [1.29, 1.82) is 0 Å². The fourth-order valence-corrected chi connectivity index (χ4v) is 2.28. The quantitative estimate of drug-likeness (QED) is 0.518. The molecule has 0 aliphatic rings. The predicted octanol–water partition coefficient (Wildman–Crippen LogP) is 4.30. The zero-order valence-corrected chi connectivity index (χ0v) is 16.4. The Morgan fingerprint density at radius 1 is 1.13 bits per heavy atom. The Morgan fingerprint density at radius 2 is 1.70 bits per heavy atom. The Kier molecular flexibility index (Phi) is 8.35. The van der Waals surface area contributed by atoms with Crippen LogP contribution in [0.4, 0.5) is 4.79 Å². The number of carbonyl (C=O) groups excluding carboxylic acids is 1. The molecule has 23 heavy (non-hydrogen) atoms. The van der Waals surface area contributed by atoms with Crippen molar-refractivity contribution < 1.29 is 9.53 Å². The van der Waals surface area contributed by atoms with Crippen molar-refractivity contribution in [3.8, 4) is 0 Å². The molecule has 0 heterocycles. The van der Waals surface area contributed by atoms with E-state index in [1.54, 1.807) is 11.9 Å². The minimum absolute atomic E-state index is 0.333. The highest BCUT2D eigenvalue weighted by molar-refractivity contribution is 5.71. The van der Waals surface area contributed by atoms with Crippen molar-refractivity contribution in [3.05, 3.63) is 11.8 Å². The van der Waals surface area contributed by atoms with Crippen LogP contribution >= 0.6 is 0 Å². The number of hydrogen-bond acceptors (Lipinski definition) is 3. The van der Waals surface area contributed by atoms with Gasteiger partial charge in [0.05, 0.1) is 11.9 Å². The second kappa shape index (κ2) is 8.94. The van der Waals surface area contributed by atoms with E-state index in [4.69, 9.17) is 4.74 Å². The van der Waals surface area contributed by atoms with Gasteiger partial charge in [0.2, 0.25) is 0 Å². The van der Waals surface area contributed by atoms with E-state index in [-0.39, 0.29) is 11.6 Å². The molecule has 1 atom stereocenters. The number of aliphatic imine (C=N–C) groups is 1. The topological polar surface area (TPSA) is 45.1 Å². The number of rotatable bonds is 7. The lowest BCUT2D eigenvalue weighted by atomic mass is 9.91. The van der Waals surface area contributed by atoms with Gasteiger partial charge in [-0.3, -0.25) is 9.89 Å². The van der Waals surface area contributed by atoms with Crippen LogP contribution in [0.5, 0.6) is 0 Å². The maximum absolute atomic E-state index is 12.5. The Labute approximate surface area is 142 Å². The van der Waals surface area contributed by atoms with Crippen LogP contribution in [0.3, 0.4) is 0 Å². The van der Waals surface area contributed by atoms with Gasteiger partial charge in [-0.2, -0.15) is 0 Å². The molecule has 0 spiro atoms. The summed E-state index contributed by atoms with van der Waals surface area (Å²) >= 11 is 0. The summed E-state index contributed by atoms with van der Waals surface area (Å²) in [7, 11) is 3.77. The molecule has 0 fully saturated rings. The molecule has 0 saturated heterocycles. The maximum atomic E-state index is 12.5. The summed E-state index contributed by atoms with van der Waals surface area (Å²) in [6.07, 6.45) is 5.28. The number of allylic oxidation sites excluding steroid dienone is 1. The summed E-state index contributed by atoms with van der Waals surface area (Å²) < 4.78 is 5.52. The van der Waals surface area contributed by atoms with Crippen molar-refractivity contribution in [2.75, 3.05) is 20.6 Å². The van der Waals surface area contributed by atoms with E-state index in [9.17, 15) is 4.79 Å². The fraction of sp³-hybridized carbons (Fsp3) is 0.778. The first kappa shape index (κ1) is 21.5. The van der Waals surface area contributed by atoms with Gasteiger partial charge in [-0.05, 0) is 47.5 Å². The summed E-state index contributed by atoms with van der Waals surface area (Å²) in [5.41, 5.74) is 0.0862. The van der Waals surface area contributed by atoms with Gasteiger partial charge in [0, 0.05) is 26.3 Å². The molecule has 1 amide bonds. The molecular weight excluding hydrogens is 290 g/mol.